The number of amides is 3. The van der Waals surface area contributed by atoms with Gasteiger partial charge in [-0.1, -0.05) is 12.1 Å². The molecule has 0 aliphatic carbocycles. The van der Waals surface area contributed by atoms with Crippen LogP contribution < -0.4 is 5.32 Å². The van der Waals surface area contributed by atoms with E-state index in [-0.39, 0.29) is 18.5 Å². The number of benzene rings is 1. The van der Waals surface area contributed by atoms with E-state index in [4.69, 9.17) is 5.26 Å². The summed E-state index contributed by atoms with van der Waals surface area (Å²) in [5.74, 6) is -0.279. The molecule has 0 spiro atoms. The second-order valence-electron chi connectivity index (χ2n) is 3.52. The van der Waals surface area contributed by atoms with Crippen molar-refractivity contribution in [1.82, 2.24) is 10.2 Å². The van der Waals surface area contributed by atoms with Crippen LogP contribution >= 0.6 is 0 Å². The number of urea groups is 1. The summed E-state index contributed by atoms with van der Waals surface area (Å²) in [7, 11) is 0. The Morgan fingerprint density at radius 3 is 2.50 bits per heavy atom. The zero-order valence-electron chi connectivity index (χ0n) is 8.43. The summed E-state index contributed by atoms with van der Waals surface area (Å²) in [4.78, 5) is 23.6. The van der Waals surface area contributed by atoms with Gasteiger partial charge >= 0.3 is 6.03 Å². The van der Waals surface area contributed by atoms with E-state index in [1.165, 1.54) is 4.90 Å². The number of nitrogens with zero attached hydrogens (tertiary/aromatic N) is 2. The van der Waals surface area contributed by atoms with Crippen molar-refractivity contribution in [3.8, 4) is 6.07 Å². The van der Waals surface area contributed by atoms with Crippen LogP contribution in [0.5, 0.6) is 0 Å². The summed E-state index contributed by atoms with van der Waals surface area (Å²) < 4.78 is 0. The minimum atomic E-state index is -0.366. The van der Waals surface area contributed by atoms with E-state index in [0.717, 1.165) is 5.56 Å². The number of hydrogen-bond acceptors (Lipinski definition) is 3. The first kappa shape index (κ1) is 10.2. The van der Waals surface area contributed by atoms with Crippen molar-refractivity contribution in [2.24, 2.45) is 0 Å². The van der Waals surface area contributed by atoms with Crippen LogP contribution in [0.15, 0.2) is 24.3 Å². The van der Waals surface area contributed by atoms with Crippen LogP contribution in [0.3, 0.4) is 0 Å². The molecule has 0 bridgehead atoms. The lowest BCUT2D eigenvalue weighted by Crippen LogP contribution is -2.27. The highest BCUT2D eigenvalue weighted by atomic mass is 16.2. The Hall–Kier alpha value is -2.35. The van der Waals surface area contributed by atoms with Crippen molar-refractivity contribution in [1.29, 1.82) is 5.26 Å². The van der Waals surface area contributed by atoms with E-state index in [1.807, 2.05) is 6.07 Å². The van der Waals surface area contributed by atoms with Crippen molar-refractivity contribution < 1.29 is 9.59 Å². The number of carbonyl (C=O) groups is 2. The molecule has 1 aromatic carbocycles. The second-order valence-corrected chi connectivity index (χ2v) is 3.52. The fraction of sp³-hybridized carbons (Fsp3) is 0.182. The summed E-state index contributed by atoms with van der Waals surface area (Å²) in [5.41, 5.74) is 1.47. The number of hydrogen-bond donors (Lipinski definition) is 1. The molecule has 1 heterocycles. The maximum atomic E-state index is 11.3. The molecule has 16 heavy (non-hydrogen) atoms. The number of rotatable bonds is 2. The maximum absolute atomic E-state index is 11.3. The highest BCUT2D eigenvalue weighted by molar-refractivity contribution is 6.01. The Bertz CT molecular complexity index is 473. The molecule has 2 rings (SSSR count). The maximum Gasteiger partial charge on any atom is 0.324 e. The van der Waals surface area contributed by atoms with Gasteiger partial charge in [-0.05, 0) is 17.7 Å². The van der Waals surface area contributed by atoms with Gasteiger partial charge in [0.25, 0.3) is 0 Å². The van der Waals surface area contributed by atoms with E-state index >= 15 is 0 Å². The van der Waals surface area contributed by atoms with E-state index in [2.05, 4.69) is 5.32 Å². The average Bonchev–Trinajstić information content (AvgIpc) is 2.59. The third-order valence-corrected chi connectivity index (χ3v) is 2.32. The predicted octanol–water partition coefficient (Wildman–Crippen LogP) is 0.610. The lowest BCUT2D eigenvalue weighted by molar-refractivity contribution is -0.118. The minimum Gasteiger partial charge on any atom is -0.311 e. The van der Waals surface area contributed by atoms with Gasteiger partial charge in [-0.25, -0.2) is 4.79 Å². The molecular formula is C11H9N3O2. The second kappa shape index (κ2) is 4.03. The van der Waals surface area contributed by atoms with Crippen molar-refractivity contribution in [3.63, 3.8) is 0 Å². The molecule has 0 atom stereocenters. The Kier molecular flexibility index (Phi) is 2.56. The van der Waals surface area contributed by atoms with Crippen LogP contribution in [-0.4, -0.2) is 23.4 Å². The third kappa shape index (κ3) is 2.01. The predicted molar refractivity (Wildman–Crippen MR) is 55.1 cm³/mol. The molecule has 1 aliphatic rings. The van der Waals surface area contributed by atoms with Gasteiger partial charge < -0.3 is 4.90 Å². The van der Waals surface area contributed by atoms with E-state index in [9.17, 15) is 9.59 Å². The third-order valence-electron chi connectivity index (χ3n) is 2.32. The van der Waals surface area contributed by atoms with Crippen molar-refractivity contribution in [2.75, 3.05) is 6.54 Å². The van der Waals surface area contributed by atoms with Crippen LogP contribution in [0.2, 0.25) is 0 Å². The van der Waals surface area contributed by atoms with Crippen molar-refractivity contribution in [3.05, 3.63) is 35.4 Å². The summed E-state index contributed by atoms with van der Waals surface area (Å²) >= 11 is 0. The molecule has 1 N–H and O–H groups in total. The first-order valence-corrected chi connectivity index (χ1v) is 4.77. The molecular weight excluding hydrogens is 206 g/mol. The molecule has 3 amide bonds. The van der Waals surface area contributed by atoms with E-state index in [1.54, 1.807) is 24.3 Å². The van der Waals surface area contributed by atoms with Crippen LogP contribution in [0, 0.1) is 11.3 Å². The fourth-order valence-corrected chi connectivity index (χ4v) is 1.52. The van der Waals surface area contributed by atoms with Gasteiger partial charge in [-0.15, -0.1) is 0 Å². The number of imide groups is 1. The van der Waals surface area contributed by atoms with Gasteiger partial charge in [-0.3, -0.25) is 10.1 Å². The molecule has 0 aromatic heterocycles. The van der Waals surface area contributed by atoms with Crippen LogP contribution in [0.25, 0.3) is 0 Å². The molecule has 0 saturated carbocycles. The van der Waals surface area contributed by atoms with Gasteiger partial charge in [0, 0.05) is 6.54 Å². The summed E-state index contributed by atoms with van der Waals surface area (Å²) in [6.07, 6.45) is 0. The zero-order valence-corrected chi connectivity index (χ0v) is 8.43. The largest absolute Gasteiger partial charge is 0.324 e. The molecule has 80 valence electrons. The quantitative estimate of drug-likeness (QED) is 0.734. The van der Waals surface area contributed by atoms with Crippen molar-refractivity contribution in [2.45, 2.75) is 6.54 Å². The SMILES string of the molecule is N#Cc1ccc(CN2CC(=O)NC2=O)cc1. The Morgan fingerprint density at radius 1 is 1.31 bits per heavy atom. The van der Waals surface area contributed by atoms with Crippen LogP contribution in [0.4, 0.5) is 4.79 Å². The van der Waals surface area contributed by atoms with Gasteiger partial charge in [-0.2, -0.15) is 5.26 Å². The highest BCUT2D eigenvalue weighted by Crippen LogP contribution is 2.09. The Labute approximate surface area is 92.3 Å². The highest BCUT2D eigenvalue weighted by Gasteiger charge is 2.26. The van der Waals surface area contributed by atoms with Gasteiger partial charge in [0.2, 0.25) is 5.91 Å². The summed E-state index contributed by atoms with van der Waals surface area (Å²) in [6.45, 7) is 0.474. The number of nitriles is 1. The first-order chi connectivity index (χ1) is 7.69. The lowest BCUT2D eigenvalue weighted by Gasteiger charge is -2.12. The monoisotopic (exact) mass is 215 g/mol. The molecule has 0 unspecified atom stereocenters. The normalized spacial score (nSPS) is 14.8. The topological polar surface area (TPSA) is 73.2 Å². The molecule has 1 aromatic rings. The van der Waals surface area contributed by atoms with Crippen molar-refractivity contribution >= 4 is 11.9 Å². The minimum absolute atomic E-state index is 0.0961. The fourth-order valence-electron chi connectivity index (χ4n) is 1.52. The standard InChI is InChI=1S/C11H9N3O2/c12-5-8-1-3-9(4-2-8)6-14-7-10(15)13-11(14)16/h1-4H,6-7H2,(H,13,15,16). The Morgan fingerprint density at radius 2 is 2.00 bits per heavy atom. The number of nitrogens with one attached hydrogen (secondary N) is 1. The smallest absolute Gasteiger partial charge is 0.311 e. The van der Waals surface area contributed by atoms with E-state index < -0.39 is 0 Å². The first-order valence-electron chi connectivity index (χ1n) is 4.77. The molecule has 1 aliphatic heterocycles. The molecule has 5 nitrogen and oxygen atoms in total. The molecule has 5 heteroatoms. The van der Waals surface area contributed by atoms with Crippen LogP contribution in [-0.2, 0) is 11.3 Å². The van der Waals surface area contributed by atoms with Crippen LogP contribution in [0.1, 0.15) is 11.1 Å². The van der Waals surface area contributed by atoms with Gasteiger partial charge in [0.1, 0.15) is 6.54 Å². The summed E-state index contributed by atoms with van der Waals surface area (Å²) in [6, 6.07) is 8.57. The van der Waals surface area contributed by atoms with E-state index in [0.29, 0.717) is 12.1 Å². The zero-order chi connectivity index (χ0) is 11.5. The Balaban J connectivity index is 2.07. The molecule has 1 saturated heterocycles. The summed E-state index contributed by atoms with van der Waals surface area (Å²) in [5, 5.41) is 10.8. The average molecular weight is 215 g/mol. The van der Waals surface area contributed by atoms with Gasteiger partial charge in [0.05, 0.1) is 11.6 Å². The molecule has 1 fully saturated rings. The number of carbonyl (C=O) groups excluding carboxylic acids is 2. The molecule has 0 radical (unpaired) electrons. The van der Waals surface area contributed by atoms with Gasteiger partial charge in [0.15, 0.2) is 0 Å². The lowest BCUT2D eigenvalue weighted by atomic mass is 10.1.